The van der Waals surface area contributed by atoms with Gasteiger partial charge >= 0.3 is 0 Å². The summed E-state index contributed by atoms with van der Waals surface area (Å²) in [7, 11) is -2.35. The second-order valence-electron chi connectivity index (χ2n) is 8.01. The third-order valence-electron chi connectivity index (χ3n) is 5.56. The highest BCUT2D eigenvalue weighted by Crippen LogP contribution is 2.32. The summed E-state index contributed by atoms with van der Waals surface area (Å²) < 4.78 is 27.9. The number of anilines is 3. The number of nitrogens with one attached hydrogen (secondary N) is 2. The van der Waals surface area contributed by atoms with Gasteiger partial charge in [0, 0.05) is 16.9 Å². The number of carbonyl (C=O) groups excluding carboxylic acids is 3. The van der Waals surface area contributed by atoms with Crippen molar-refractivity contribution in [3.8, 4) is 5.75 Å². The van der Waals surface area contributed by atoms with E-state index in [-0.39, 0.29) is 21.2 Å². The van der Waals surface area contributed by atoms with Gasteiger partial charge in [0.15, 0.2) is 0 Å². The van der Waals surface area contributed by atoms with Gasteiger partial charge in [0.25, 0.3) is 17.7 Å². The molecule has 0 saturated carbocycles. The average molecular weight is 541 g/mol. The first-order valence-corrected chi connectivity index (χ1v) is 12.7. The van der Waals surface area contributed by atoms with Crippen LogP contribution in [0.2, 0.25) is 0 Å². The Morgan fingerprint density at radius 3 is 2.22 bits per heavy atom. The van der Waals surface area contributed by atoms with Crippen molar-refractivity contribution in [1.29, 1.82) is 0 Å². The van der Waals surface area contributed by atoms with Crippen molar-refractivity contribution < 1.29 is 27.5 Å². The van der Waals surface area contributed by atoms with Crippen LogP contribution in [0.1, 0.15) is 15.9 Å². The van der Waals surface area contributed by atoms with Crippen LogP contribution in [0.25, 0.3) is 0 Å². The monoisotopic (exact) mass is 540 g/mol. The van der Waals surface area contributed by atoms with E-state index >= 15 is 0 Å². The number of methoxy groups -OCH3 is 1. The summed E-state index contributed by atoms with van der Waals surface area (Å²) in [6.45, 7) is 1.76. The predicted octanol–water partition coefficient (Wildman–Crippen LogP) is 3.34. The SMILES string of the molecule is COc1ccc(N2C(=O)C(Cl)=C(Nc3cc(C(=O)Nc4ccc(S(N)(=O)=O)cc4)ccc3C)C2=O)cc1. The van der Waals surface area contributed by atoms with E-state index in [1.54, 1.807) is 43.3 Å². The Hall–Kier alpha value is -4.19. The highest BCUT2D eigenvalue weighted by Gasteiger charge is 2.39. The smallest absolute Gasteiger partial charge is 0.283 e. The van der Waals surface area contributed by atoms with Crippen LogP contribution in [0, 0.1) is 6.92 Å². The van der Waals surface area contributed by atoms with Gasteiger partial charge in [-0.1, -0.05) is 17.7 Å². The number of nitrogens with two attached hydrogens (primary N) is 1. The van der Waals surface area contributed by atoms with Gasteiger partial charge in [0.2, 0.25) is 10.0 Å². The van der Waals surface area contributed by atoms with Gasteiger partial charge in [-0.25, -0.2) is 18.5 Å². The Morgan fingerprint density at radius 2 is 1.62 bits per heavy atom. The number of halogens is 1. The number of benzene rings is 3. The fourth-order valence-corrected chi connectivity index (χ4v) is 4.27. The first-order valence-electron chi connectivity index (χ1n) is 10.7. The molecule has 10 nitrogen and oxygen atoms in total. The Balaban J connectivity index is 1.54. The number of ether oxygens (including phenoxy) is 1. The first kappa shape index (κ1) is 25.9. The third kappa shape index (κ3) is 5.33. The molecule has 3 aromatic rings. The van der Waals surface area contributed by atoms with Crippen LogP contribution in [-0.2, 0) is 19.6 Å². The van der Waals surface area contributed by atoms with Crippen LogP contribution in [0.15, 0.2) is 82.4 Å². The molecule has 12 heteroatoms. The highest BCUT2D eigenvalue weighted by molar-refractivity contribution is 7.89. The molecule has 3 amide bonds. The zero-order valence-electron chi connectivity index (χ0n) is 19.6. The molecule has 0 aliphatic carbocycles. The second-order valence-corrected chi connectivity index (χ2v) is 9.95. The third-order valence-corrected chi connectivity index (χ3v) is 6.84. The molecule has 0 aromatic heterocycles. The summed E-state index contributed by atoms with van der Waals surface area (Å²) >= 11 is 6.23. The number of hydrogen-bond acceptors (Lipinski definition) is 7. The molecule has 0 spiro atoms. The van der Waals surface area contributed by atoms with E-state index in [1.807, 2.05) is 0 Å². The van der Waals surface area contributed by atoms with Gasteiger partial charge in [-0.15, -0.1) is 0 Å². The topological polar surface area (TPSA) is 148 Å². The molecular weight excluding hydrogens is 520 g/mol. The molecule has 3 aromatic carbocycles. The van der Waals surface area contributed by atoms with E-state index in [4.69, 9.17) is 21.5 Å². The van der Waals surface area contributed by atoms with Crippen LogP contribution in [0.3, 0.4) is 0 Å². The van der Waals surface area contributed by atoms with E-state index in [2.05, 4.69) is 10.6 Å². The molecule has 37 heavy (non-hydrogen) atoms. The lowest BCUT2D eigenvalue weighted by Crippen LogP contribution is -2.32. The van der Waals surface area contributed by atoms with E-state index in [0.29, 0.717) is 28.4 Å². The molecule has 4 N–H and O–H groups in total. The maximum atomic E-state index is 13.1. The molecule has 0 unspecified atom stereocenters. The van der Waals surface area contributed by atoms with Gasteiger partial charge in [-0.2, -0.15) is 0 Å². The largest absolute Gasteiger partial charge is 0.497 e. The maximum Gasteiger partial charge on any atom is 0.283 e. The number of imide groups is 1. The highest BCUT2D eigenvalue weighted by atomic mass is 35.5. The fourth-order valence-electron chi connectivity index (χ4n) is 3.54. The molecule has 1 heterocycles. The standard InChI is InChI=1S/C25H21ClN4O6S/c1-14-3-4-15(23(31)28-16-5-11-19(12-6-16)37(27,34)35)13-20(14)29-22-21(26)24(32)30(25(22)33)17-7-9-18(36-2)10-8-17/h3-13,29H,1-2H3,(H,28,31)(H2,27,34,35). The van der Waals surface area contributed by atoms with Gasteiger partial charge in [-0.05, 0) is 73.2 Å². The summed E-state index contributed by atoms with van der Waals surface area (Å²) in [6, 6.07) is 16.5. The number of hydrogen-bond donors (Lipinski definition) is 3. The first-order chi connectivity index (χ1) is 17.5. The molecule has 1 aliphatic heterocycles. The lowest BCUT2D eigenvalue weighted by molar-refractivity contribution is -0.120. The minimum absolute atomic E-state index is 0.0862. The fraction of sp³-hybridized carbons (Fsp3) is 0.0800. The number of sulfonamides is 1. The zero-order valence-corrected chi connectivity index (χ0v) is 21.2. The van der Waals surface area contributed by atoms with Crippen LogP contribution in [0.5, 0.6) is 5.75 Å². The van der Waals surface area contributed by atoms with Crippen molar-refractivity contribution in [3.05, 3.63) is 88.6 Å². The van der Waals surface area contributed by atoms with Gasteiger partial charge < -0.3 is 15.4 Å². The van der Waals surface area contributed by atoms with Crippen LogP contribution in [-0.4, -0.2) is 33.2 Å². The van der Waals surface area contributed by atoms with Crippen LogP contribution < -0.4 is 25.4 Å². The molecular formula is C25H21ClN4O6S. The van der Waals surface area contributed by atoms with Crippen molar-refractivity contribution in [2.45, 2.75) is 11.8 Å². The van der Waals surface area contributed by atoms with Gasteiger partial charge in [-0.3, -0.25) is 14.4 Å². The van der Waals surface area contributed by atoms with E-state index in [9.17, 15) is 22.8 Å². The molecule has 4 rings (SSSR count). The van der Waals surface area contributed by atoms with Crippen molar-refractivity contribution in [3.63, 3.8) is 0 Å². The van der Waals surface area contributed by atoms with Crippen molar-refractivity contribution in [1.82, 2.24) is 0 Å². The summed E-state index contributed by atoms with van der Waals surface area (Å²) in [5.74, 6) is -1.26. The molecule has 0 saturated heterocycles. The Kier molecular flexibility index (Phi) is 7.03. The Morgan fingerprint density at radius 1 is 0.973 bits per heavy atom. The minimum Gasteiger partial charge on any atom is -0.497 e. The van der Waals surface area contributed by atoms with Gasteiger partial charge in [0.1, 0.15) is 16.5 Å². The molecule has 0 bridgehead atoms. The zero-order chi connectivity index (χ0) is 26.9. The summed E-state index contributed by atoms with van der Waals surface area (Å²) in [6.07, 6.45) is 0. The van der Waals surface area contributed by atoms with Crippen molar-refractivity contribution in [2.24, 2.45) is 5.14 Å². The number of primary sulfonamides is 1. The quantitative estimate of drug-likeness (QED) is 0.389. The molecule has 1 aliphatic rings. The van der Waals surface area contributed by atoms with E-state index in [1.165, 1.54) is 37.4 Å². The Bertz CT molecular complexity index is 1550. The lowest BCUT2D eigenvalue weighted by atomic mass is 10.1. The summed E-state index contributed by atoms with van der Waals surface area (Å²) in [5.41, 5.74) is 1.87. The second kappa shape index (κ2) is 10.1. The van der Waals surface area contributed by atoms with Crippen molar-refractivity contribution in [2.75, 3.05) is 22.6 Å². The Labute approximate surface area is 217 Å². The van der Waals surface area contributed by atoms with Crippen molar-refractivity contribution >= 4 is 56.4 Å². The number of carbonyl (C=O) groups is 3. The number of nitrogens with zero attached hydrogens (tertiary/aromatic N) is 1. The minimum atomic E-state index is -3.86. The average Bonchev–Trinajstić information content (AvgIpc) is 3.08. The lowest BCUT2D eigenvalue weighted by Gasteiger charge is -2.16. The normalized spacial score (nSPS) is 13.7. The van der Waals surface area contributed by atoms with E-state index < -0.39 is 27.7 Å². The molecule has 0 fully saturated rings. The van der Waals surface area contributed by atoms with E-state index in [0.717, 1.165) is 4.90 Å². The predicted molar refractivity (Wildman–Crippen MR) is 139 cm³/mol. The van der Waals surface area contributed by atoms with Crippen LogP contribution >= 0.6 is 11.6 Å². The number of rotatable bonds is 7. The number of aryl methyl sites for hydroxylation is 1. The summed E-state index contributed by atoms with van der Waals surface area (Å²) in [5, 5.41) is 10.4. The maximum absolute atomic E-state index is 13.1. The summed E-state index contributed by atoms with van der Waals surface area (Å²) in [4.78, 5) is 39.5. The number of amides is 3. The van der Waals surface area contributed by atoms with Crippen LogP contribution in [0.4, 0.5) is 17.1 Å². The molecule has 190 valence electrons. The molecule has 0 atom stereocenters. The van der Waals surface area contributed by atoms with Gasteiger partial charge in [0.05, 0.1) is 17.7 Å². The molecule has 0 radical (unpaired) electrons.